The lowest BCUT2D eigenvalue weighted by Crippen LogP contribution is -2.39. The van der Waals surface area contributed by atoms with Crippen molar-refractivity contribution in [2.75, 3.05) is 30.3 Å². The second-order valence-corrected chi connectivity index (χ2v) is 8.19. The van der Waals surface area contributed by atoms with Crippen molar-refractivity contribution >= 4 is 28.9 Å². The van der Waals surface area contributed by atoms with Crippen molar-refractivity contribution in [3.05, 3.63) is 63.2 Å². The maximum atomic E-state index is 12.8. The summed E-state index contributed by atoms with van der Waals surface area (Å²) in [6.07, 6.45) is 2.19. The van der Waals surface area contributed by atoms with Crippen LogP contribution < -0.4 is 10.6 Å². The zero-order valence-electron chi connectivity index (χ0n) is 18.1. The van der Waals surface area contributed by atoms with Crippen LogP contribution >= 0.6 is 0 Å². The van der Waals surface area contributed by atoms with Gasteiger partial charge in [0.25, 0.3) is 11.6 Å². The van der Waals surface area contributed by atoms with Crippen molar-refractivity contribution in [1.29, 1.82) is 0 Å². The van der Waals surface area contributed by atoms with Gasteiger partial charge in [0.15, 0.2) is 0 Å². The van der Waals surface area contributed by atoms with Gasteiger partial charge in [-0.15, -0.1) is 0 Å². The summed E-state index contributed by atoms with van der Waals surface area (Å²) in [4.78, 5) is 37.5. The highest BCUT2D eigenvalue weighted by molar-refractivity contribution is 5.96. The van der Waals surface area contributed by atoms with Gasteiger partial charge in [-0.2, -0.15) is 0 Å². The van der Waals surface area contributed by atoms with Crippen molar-refractivity contribution in [3.63, 3.8) is 0 Å². The molecule has 3 rings (SSSR count). The van der Waals surface area contributed by atoms with Crippen LogP contribution in [0, 0.1) is 29.9 Å². The zero-order valence-corrected chi connectivity index (χ0v) is 18.1. The second kappa shape index (κ2) is 9.59. The van der Waals surface area contributed by atoms with Crippen molar-refractivity contribution in [3.8, 4) is 0 Å². The van der Waals surface area contributed by atoms with Crippen LogP contribution in [0.3, 0.4) is 0 Å². The fourth-order valence-electron chi connectivity index (χ4n) is 3.78. The van der Waals surface area contributed by atoms with E-state index in [1.807, 2.05) is 24.0 Å². The molecule has 2 aromatic rings. The average molecular weight is 425 g/mol. The summed E-state index contributed by atoms with van der Waals surface area (Å²) in [5.74, 6) is 0.249. The Morgan fingerprint density at radius 2 is 1.90 bits per heavy atom. The first kappa shape index (κ1) is 22.3. The van der Waals surface area contributed by atoms with E-state index >= 15 is 0 Å². The number of benzene rings is 2. The van der Waals surface area contributed by atoms with Crippen LogP contribution in [0.2, 0.25) is 0 Å². The van der Waals surface area contributed by atoms with Crippen molar-refractivity contribution in [1.82, 2.24) is 4.90 Å². The molecule has 0 aliphatic carbocycles. The van der Waals surface area contributed by atoms with E-state index in [0.717, 1.165) is 42.7 Å². The van der Waals surface area contributed by atoms with Crippen molar-refractivity contribution in [2.24, 2.45) is 5.92 Å². The molecule has 8 heteroatoms. The number of rotatable bonds is 6. The highest BCUT2D eigenvalue weighted by Gasteiger charge is 2.22. The lowest BCUT2D eigenvalue weighted by Gasteiger charge is -2.31. The normalized spacial score (nSPS) is 16.0. The largest absolute Gasteiger partial charge is 0.376 e. The fraction of sp³-hybridized carbons (Fsp3) is 0.391. The van der Waals surface area contributed by atoms with Crippen molar-refractivity contribution < 1.29 is 14.5 Å². The number of carbonyl (C=O) groups is 2. The van der Waals surface area contributed by atoms with E-state index < -0.39 is 4.92 Å². The van der Waals surface area contributed by atoms with E-state index in [1.54, 1.807) is 19.1 Å². The number of anilines is 2. The SMILES string of the molecule is Cc1cc(C(=O)N2CCCC(C)C2)ccc1NCC(=O)Nc1cc([N+](=O)[O-])ccc1C. The Labute approximate surface area is 181 Å². The Morgan fingerprint density at radius 3 is 2.58 bits per heavy atom. The summed E-state index contributed by atoms with van der Waals surface area (Å²) in [6, 6.07) is 9.78. The minimum atomic E-state index is -0.496. The van der Waals surface area contributed by atoms with Crippen LogP contribution in [0.5, 0.6) is 0 Å². The van der Waals surface area contributed by atoms with Crippen LogP contribution in [-0.4, -0.2) is 41.3 Å². The first-order chi connectivity index (χ1) is 14.7. The molecule has 1 fully saturated rings. The zero-order chi connectivity index (χ0) is 22.5. The van der Waals surface area contributed by atoms with Gasteiger partial charge in [0, 0.05) is 36.5 Å². The highest BCUT2D eigenvalue weighted by Crippen LogP contribution is 2.23. The number of nitrogens with zero attached hydrogens (tertiary/aromatic N) is 2. The van der Waals surface area contributed by atoms with Gasteiger partial charge >= 0.3 is 0 Å². The molecule has 1 aliphatic rings. The molecule has 1 atom stereocenters. The standard InChI is InChI=1S/C23H28N4O4/c1-15-5-4-10-26(14-15)23(29)18-7-9-20(17(3)11-18)24-13-22(28)25-21-12-19(27(30)31)8-6-16(21)2/h6-9,11-12,15,24H,4-5,10,13-14H2,1-3H3,(H,25,28). The molecule has 0 aromatic heterocycles. The number of likely N-dealkylation sites (tertiary alicyclic amines) is 1. The second-order valence-electron chi connectivity index (χ2n) is 8.19. The monoisotopic (exact) mass is 424 g/mol. The molecule has 2 N–H and O–H groups in total. The number of nitro groups is 1. The van der Waals surface area contributed by atoms with Crippen molar-refractivity contribution in [2.45, 2.75) is 33.6 Å². The lowest BCUT2D eigenvalue weighted by atomic mass is 9.99. The Balaban J connectivity index is 1.60. The summed E-state index contributed by atoms with van der Waals surface area (Å²) in [7, 11) is 0. The molecule has 0 radical (unpaired) electrons. The van der Waals surface area contributed by atoms with Gasteiger partial charge in [0.2, 0.25) is 5.91 Å². The molecule has 1 saturated heterocycles. The summed E-state index contributed by atoms with van der Waals surface area (Å²) >= 11 is 0. The number of nitrogens with one attached hydrogen (secondary N) is 2. The Bertz CT molecular complexity index is 1010. The van der Waals surface area contributed by atoms with Crippen LogP contribution in [0.1, 0.15) is 41.3 Å². The number of nitro benzene ring substituents is 1. The maximum absolute atomic E-state index is 12.8. The number of piperidine rings is 1. The molecule has 1 aliphatic heterocycles. The third-order valence-electron chi connectivity index (χ3n) is 5.56. The molecule has 1 heterocycles. The summed E-state index contributed by atoms with van der Waals surface area (Å²) < 4.78 is 0. The Hall–Kier alpha value is -3.42. The summed E-state index contributed by atoms with van der Waals surface area (Å²) in [6.45, 7) is 7.41. The molecule has 31 heavy (non-hydrogen) atoms. The third kappa shape index (κ3) is 5.59. The van der Waals surface area contributed by atoms with E-state index in [9.17, 15) is 19.7 Å². The molecule has 2 aromatic carbocycles. The van der Waals surface area contributed by atoms with Gasteiger partial charge in [-0.05, 0) is 61.9 Å². The van der Waals surface area contributed by atoms with Gasteiger partial charge in [-0.1, -0.05) is 13.0 Å². The van der Waals surface area contributed by atoms with Gasteiger partial charge in [0.05, 0.1) is 17.2 Å². The highest BCUT2D eigenvalue weighted by atomic mass is 16.6. The number of non-ortho nitro benzene ring substituents is 1. The van der Waals surface area contributed by atoms with Crippen LogP contribution in [0.4, 0.5) is 17.1 Å². The van der Waals surface area contributed by atoms with E-state index in [2.05, 4.69) is 17.6 Å². The van der Waals surface area contributed by atoms with Crippen LogP contribution in [-0.2, 0) is 4.79 Å². The first-order valence-corrected chi connectivity index (χ1v) is 10.4. The number of amides is 2. The minimum absolute atomic E-state index is 0.0000945. The van der Waals surface area contributed by atoms with Gasteiger partial charge in [0.1, 0.15) is 0 Å². The Morgan fingerprint density at radius 1 is 1.13 bits per heavy atom. The fourth-order valence-corrected chi connectivity index (χ4v) is 3.78. The topological polar surface area (TPSA) is 105 Å². The molecule has 8 nitrogen and oxygen atoms in total. The van der Waals surface area contributed by atoms with E-state index in [-0.39, 0.29) is 24.0 Å². The van der Waals surface area contributed by atoms with Gasteiger partial charge in [-0.3, -0.25) is 19.7 Å². The molecule has 1 unspecified atom stereocenters. The van der Waals surface area contributed by atoms with E-state index in [4.69, 9.17) is 0 Å². The minimum Gasteiger partial charge on any atom is -0.376 e. The smallest absolute Gasteiger partial charge is 0.271 e. The van der Waals surface area contributed by atoms with E-state index in [1.165, 1.54) is 12.1 Å². The number of hydrogen-bond acceptors (Lipinski definition) is 5. The summed E-state index contributed by atoms with van der Waals surface area (Å²) in [5.41, 5.74) is 3.35. The Kier molecular flexibility index (Phi) is 6.89. The molecule has 0 saturated carbocycles. The predicted octanol–water partition coefficient (Wildman–Crippen LogP) is 4.13. The molecular formula is C23H28N4O4. The van der Waals surface area contributed by atoms with Gasteiger partial charge < -0.3 is 15.5 Å². The quantitative estimate of drug-likeness (QED) is 0.536. The summed E-state index contributed by atoms with van der Waals surface area (Å²) in [5, 5.41) is 16.7. The number of carbonyl (C=O) groups excluding carboxylic acids is 2. The van der Waals surface area contributed by atoms with Crippen LogP contribution in [0.15, 0.2) is 36.4 Å². The van der Waals surface area contributed by atoms with E-state index in [0.29, 0.717) is 17.2 Å². The molecule has 0 bridgehead atoms. The number of aryl methyl sites for hydroxylation is 2. The average Bonchev–Trinajstić information content (AvgIpc) is 2.73. The third-order valence-corrected chi connectivity index (χ3v) is 5.56. The lowest BCUT2D eigenvalue weighted by molar-refractivity contribution is -0.384. The molecular weight excluding hydrogens is 396 g/mol. The molecule has 0 spiro atoms. The maximum Gasteiger partial charge on any atom is 0.271 e. The van der Waals surface area contributed by atoms with Gasteiger partial charge in [-0.25, -0.2) is 0 Å². The van der Waals surface area contributed by atoms with Crippen LogP contribution in [0.25, 0.3) is 0 Å². The number of hydrogen-bond donors (Lipinski definition) is 2. The predicted molar refractivity (Wildman–Crippen MR) is 120 cm³/mol. The first-order valence-electron chi connectivity index (χ1n) is 10.4. The molecule has 164 valence electrons. The molecule has 2 amide bonds.